The fourth-order valence-corrected chi connectivity index (χ4v) is 4.22. The number of fused-ring (bicyclic) bond motifs is 2. The van der Waals surface area contributed by atoms with Gasteiger partial charge in [-0.15, -0.1) is 11.3 Å². The number of nitrogens with one attached hydrogen (secondary N) is 1. The van der Waals surface area contributed by atoms with E-state index in [1.807, 2.05) is 0 Å². The lowest BCUT2D eigenvalue weighted by Gasteiger charge is -2.04. The maximum Gasteiger partial charge on any atom is 0.266 e. The summed E-state index contributed by atoms with van der Waals surface area (Å²) in [5.74, 6) is 0.584. The fourth-order valence-electron chi connectivity index (χ4n) is 3.01. The van der Waals surface area contributed by atoms with Crippen molar-refractivity contribution < 1.29 is 4.79 Å². The van der Waals surface area contributed by atoms with Crippen LogP contribution in [0, 0.1) is 6.92 Å². The van der Waals surface area contributed by atoms with Crippen LogP contribution < -0.4 is 10.9 Å². The van der Waals surface area contributed by atoms with Crippen molar-refractivity contribution in [1.29, 1.82) is 0 Å². The van der Waals surface area contributed by atoms with Gasteiger partial charge in [0, 0.05) is 23.7 Å². The monoisotopic (exact) mass is 359 g/mol. The highest BCUT2D eigenvalue weighted by Crippen LogP contribution is 2.29. The largest absolute Gasteiger partial charge is 0.321 e. The first kappa shape index (κ1) is 15.4. The minimum atomic E-state index is -0.234. The summed E-state index contributed by atoms with van der Waals surface area (Å²) in [7, 11) is 0. The molecule has 0 bridgehead atoms. The van der Waals surface area contributed by atoms with Gasteiger partial charge in [0.15, 0.2) is 0 Å². The van der Waals surface area contributed by atoms with Crippen molar-refractivity contribution in [3.05, 3.63) is 55.9 Å². The molecule has 0 spiro atoms. The van der Waals surface area contributed by atoms with Crippen molar-refractivity contribution in [1.82, 2.24) is 9.55 Å². The summed E-state index contributed by atoms with van der Waals surface area (Å²) in [5, 5.41) is 4.01. The molecular formula is C17H14ClN3O2S. The van der Waals surface area contributed by atoms with E-state index < -0.39 is 0 Å². The van der Waals surface area contributed by atoms with Gasteiger partial charge in [0.05, 0.1) is 10.3 Å². The molecule has 0 aliphatic carbocycles. The quantitative estimate of drug-likeness (QED) is 0.760. The lowest BCUT2D eigenvalue weighted by molar-refractivity contribution is 0.103. The first-order valence-electron chi connectivity index (χ1n) is 7.64. The van der Waals surface area contributed by atoms with E-state index in [9.17, 15) is 9.59 Å². The van der Waals surface area contributed by atoms with E-state index in [1.54, 1.807) is 35.8 Å². The Morgan fingerprint density at radius 3 is 2.83 bits per heavy atom. The summed E-state index contributed by atoms with van der Waals surface area (Å²) in [6.45, 7) is 2.51. The molecule has 3 heterocycles. The average Bonchev–Trinajstić information content (AvgIpc) is 3.15. The molecule has 1 amide bonds. The van der Waals surface area contributed by atoms with Gasteiger partial charge >= 0.3 is 0 Å². The highest BCUT2D eigenvalue weighted by Gasteiger charge is 2.23. The number of carbonyl (C=O) groups excluding carboxylic acids is 1. The van der Waals surface area contributed by atoms with Gasteiger partial charge in [0.2, 0.25) is 0 Å². The fraction of sp³-hybridized carbons (Fsp3) is 0.235. The highest BCUT2D eigenvalue weighted by molar-refractivity contribution is 7.20. The second-order valence-electron chi connectivity index (χ2n) is 5.79. The zero-order valence-corrected chi connectivity index (χ0v) is 14.5. The molecule has 1 aliphatic heterocycles. The number of aromatic nitrogens is 2. The van der Waals surface area contributed by atoms with Gasteiger partial charge in [0.1, 0.15) is 10.7 Å². The smallest absolute Gasteiger partial charge is 0.266 e. The van der Waals surface area contributed by atoms with Crippen molar-refractivity contribution in [3.63, 3.8) is 0 Å². The molecule has 2 aromatic heterocycles. The van der Waals surface area contributed by atoms with Crippen molar-refractivity contribution >= 4 is 44.7 Å². The Hall–Kier alpha value is -2.18. The Kier molecular flexibility index (Phi) is 3.66. The lowest BCUT2D eigenvalue weighted by Crippen LogP contribution is -2.20. The van der Waals surface area contributed by atoms with E-state index in [4.69, 9.17) is 11.6 Å². The first-order chi connectivity index (χ1) is 11.5. The number of benzene rings is 1. The Balaban J connectivity index is 1.76. The molecule has 3 aromatic rings. The number of halogens is 1. The van der Waals surface area contributed by atoms with Crippen molar-refractivity contribution in [2.45, 2.75) is 26.3 Å². The standard InChI is InChI=1S/C17H14ClN3O2S/c1-9-13-16(20-12-3-2-8-21(12)17(13)23)24-14(9)15(22)19-11-6-4-10(18)5-7-11/h4-7H,2-3,8H2,1H3,(H,19,22). The molecule has 0 saturated carbocycles. The number of amides is 1. The summed E-state index contributed by atoms with van der Waals surface area (Å²) in [4.78, 5) is 31.0. The van der Waals surface area contributed by atoms with E-state index in [0.29, 0.717) is 37.9 Å². The van der Waals surface area contributed by atoms with Crippen LogP contribution in [-0.2, 0) is 13.0 Å². The molecule has 7 heteroatoms. The number of thiophene rings is 1. The summed E-state index contributed by atoms with van der Waals surface area (Å²) < 4.78 is 1.73. The molecule has 0 radical (unpaired) electrons. The molecule has 0 fully saturated rings. The number of nitrogens with zero attached hydrogens (tertiary/aromatic N) is 2. The third-order valence-corrected chi connectivity index (χ3v) is 5.66. The Bertz CT molecular complexity index is 1020. The van der Waals surface area contributed by atoms with Gasteiger partial charge in [-0.2, -0.15) is 0 Å². The SMILES string of the molecule is Cc1c(C(=O)Nc2ccc(Cl)cc2)sc2nc3n(c(=O)c12)CCC3. The van der Waals surface area contributed by atoms with Gasteiger partial charge < -0.3 is 5.32 Å². The normalized spacial score (nSPS) is 13.2. The number of hydrogen-bond acceptors (Lipinski definition) is 4. The van der Waals surface area contributed by atoms with Gasteiger partial charge in [-0.3, -0.25) is 14.2 Å². The zero-order chi connectivity index (χ0) is 16.8. The third kappa shape index (κ3) is 2.42. The van der Waals surface area contributed by atoms with Crippen molar-refractivity contribution in [2.24, 2.45) is 0 Å². The minimum absolute atomic E-state index is 0.0354. The Morgan fingerprint density at radius 2 is 2.08 bits per heavy atom. The number of rotatable bonds is 2. The van der Waals surface area contributed by atoms with Crippen LogP contribution in [0.2, 0.25) is 5.02 Å². The van der Waals surface area contributed by atoms with Crippen LogP contribution in [0.3, 0.4) is 0 Å². The van der Waals surface area contributed by atoms with Gasteiger partial charge in [-0.1, -0.05) is 11.6 Å². The molecule has 0 unspecified atom stereocenters. The number of carbonyl (C=O) groups is 1. The van der Waals surface area contributed by atoms with E-state index in [-0.39, 0.29) is 11.5 Å². The van der Waals surface area contributed by atoms with Gasteiger partial charge in [-0.25, -0.2) is 4.98 Å². The molecule has 0 atom stereocenters. The summed E-state index contributed by atoms with van der Waals surface area (Å²) >= 11 is 7.13. The minimum Gasteiger partial charge on any atom is -0.321 e. The predicted octanol–water partition coefficient (Wildman–Crippen LogP) is 3.62. The Morgan fingerprint density at radius 1 is 1.33 bits per heavy atom. The molecule has 24 heavy (non-hydrogen) atoms. The lowest BCUT2D eigenvalue weighted by atomic mass is 10.2. The third-order valence-electron chi connectivity index (χ3n) is 4.22. The van der Waals surface area contributed by atoms with Crippen LogP contribution >= 0.6 is 22.9 Å². The molecule has 5 nitrogen and oxygen atoms in total. The summed E-state index contributed by atoms with van der Waals surface area (Å²) in [6, 6.07) is 6.91. The van der Waals surface area contributed by atoms with Gasteiger partial charge in [-0.05, 0) is 43.2 Å². The van der Waals surface area contributed by atoms with Gasteiger partial charge in [0.25, 0.3) is 11.5 Å². The summed E-state index contributed by atoms with van der Waals surface area (Å²) in [6.07, 6.45) is 1.76. The Labute approximate surface area is 146 Å². The average molecular weight is 360 g/mol. The zero-order valence-electron chi connectivity index (χ0n) is 12.9. The van der Waals surface area contributed by atoms with E-state index in [2.05, 4.69) is 10.3 Å². The van der Waals surface area contributed by atoms with E-state index in [1.165, 1.54) is 11.3 Å². The van der Waals surface area contributed by atoms with Crippen LogP contribution in [0.5, 0.6) is 0 Å². The highest BCUT2D eigenvalue weighted by atomic mass is 35.5. The van der Waals surface area contributed by atoms with Crippen LogP contribution in [0.4, 0.5) is 5.69 Å². The maximum absolute atomic E-state index is 12.7. The van der Waals surface area contributed by atoms with Crippen molar-refractivity contribution in [2.75, 3.05) is 5.32 Å². The molecule has 122 valence electrons. The molecular weight excluding hydrogens is 346 g/mol. The number of hydrogen-bond donors (Lipinski definition) is 1. The van der Waals surface area contributed by atoms with E-state index in [0.717, 1.165) is 18.7 Å². The van der Waals surface area contributed by atoms with Crippen LogP contribution in [-0.4, -0.2) is 15.5 Å². The van der Waals surface area contributed by atoms with Crippen LogP contribution in [0.1, 0.15) is 27.5 Å². The molecule has 1 aromatic carbocycles. The number of aryl methyl sites for hydroxylation is 2. The topological polar surface area (TPSA) is 64.0 Å². The molecule has 0 saturated heterocycles. The van der Waals surface area contributed by atoms with Crippen LogP contribution in [0.15, 0.2) is 29.1 Å². The molecule has 1 N–H and O–H groups in total. The maximum atomic E-state index is 12.7. The first-order valence-corrected chi connectivity index (χ1v) is 8.84. The number of anilines is 1. The second kappa shape index (κ2) is 5.72. The molecule has 1 aliphatic rings. The molecule has 4 rings (SSSR count). The van der Waals surface area contributed by atoms with E-state index >= 15 is 0 Å². The van der Waals surface area contributed by atoms with Crippen molar-refractivity contribution in [3.8, 4) is 0 Å². The van der Waals surface area contributed by atoms with Crippen LogP contribution in [0.25, 0.3) is 10.2 Å². The predicted molar refractivity (Wildman–Crippen MR) is 96.3 cm³/mol. The second-order valence-corrected chi connectivity index (χ2v) is 7.22. The summed E-state index contributed by atoms with van der Waals surface area (Å²) in [5.41, 5.74) is 1.32.